The van der Waals surface area contributed by atoms with Crippen molar-refractivity contribution in [3.63, 3.8) is 0 Å². The Labute approximate surface area is 138 Å². The molecule has 1 aromatic rings. The number of anilines is 1. The highest BCUT2D eigenvalue weighted by Gasteiger charge is 2.26. The number of likely N-dealkylation sites (tertiary alicyclic amines) is 1. The van der Waals surface area contributed by atoms with Crippen molar-refractivity contribution in [1.29, 1.82) is 0 Å². The van der Waals surface area contributed by atoms with Crippen LogP contribution < -0.4 is 9.04 Å². The molecule has 23 heavy (non-hydrogen) atoms. The third-order valence-corrected chi connectivity index (χ3v) is 5.17. The lowest BCUT2D eigenvalue weighted by atomic mass is 10.0. The number of amides is 1. The maximum Gasteiger partial charge on any atom is 0.243 e. The van der Waals surface area contributed by atoms with Crippen molar-refractivity contribution in [1.82, 2.24) is 4.90 Å². The van der Waals surface area contributed by atoms with Crippen molar-refractivity contribution in [3.05, 3.63) is 24.3 Å². The first-order chi connectivity index (χ1) is 10.8. The van der Waals surface area contributed by atoms with Gasteiger partial charge in [-0.25, -0.2) is 8.42 Å². The number of carbonyl (C=O) groups excluding carboxylic acids is 1. The minimum atomic E-state index is -3.56. The van der Waals surface area contributed by atoms with Crippen molar-refractivity contribution in [2.45, 2.75) is 19.8 Å². The summed E-state index contributed by atoms with van der Waals surface area (Å²) in [4.78, 5) is 14.3. The topological polar surface area (TPSA) is 66.9 Å². The van der Waals surface area contributed by atoms with E-state index in [9.17, 15) is 13.2 Å². The molecule has 0 unspecified atom stereocenters. The first kappa shape index (κ1) is 17.6. The Kier molecular flexibility index (Phi) is 5.51. The summed E-state index contributed by atoms with van der Waals surface area (Å²) < 4.78 is 30.5. The highest BCUT2D eigenvalue weighted by Crippen LogP contribution is 2.24. The minimum absolute atomic E-state index is 0.162. The Morgan fingerprint density at radius 3 is 2.78 bits per heavy atom. The van der Waals surface area contributed by atoms with E-state index in [2.05, 4.69) is 6.92 Å². The summed E-state index contributed by atoms with van der Waals surface area (Å²) in [5, 5.41) is 0. The van der Waals surface area contributed by atoms with Gasteiger partial charge in [0.1, 0.15) is 12.3 Å². The van der Waals surface area contributed by atoms with Gasteiger partial charge < -0.3 is 9.64 Å². The van der Waals surface area contributed by atoms with E-state index in [1.165, 1.54) is 7.11 Å². The number of benzene rings is 1. The standard InChI is InChI=1S/C16H24N2O4S/c1-13-6-5-9-17(11-13)16(19)12-18(23(3,20)21)14-7-4-8-15(10-14)22-2/h4,7-8,10,13H,5-6,9,11-12H2,1-3H3/t13-/m0/s1. The summed E-state index contributed by atoms with van der Waals surface area (Å²) in [5.74, 6) is 0.844. The van der Waals surface area contributed by atoms with E-state index in [1.54, 1.807) is 29.2 Å². The van der Waals surface area contributed by atoms with Gasteiger partial charge in [-0.3, -0.25) is 9.10 Å². The van der Waals surface area contributed by atoms with Crippen LogP contribution in [0.3, 0.4) is 0 Å². The van der Waals surface area contributed by atoms with Crippen LogP contribution in [0.25, 0.3) is 0 Å². The zero-order valence-electron chi connectivity index (χ0n) is 13.9. The van der Waals surface area contributed by atoms with Gasteiger partial charge >= 0.3 is 0 Å². The average Bonchev–Trinajstić information content (AvgIpc) is 2.51. The molecular formula is C16H24N2O4S. The van der Waals surface area contributed by atoms with Crippen LogP contribution in [0, 0.1) is 5.92 Å². The number of sulfonamides is 1. The lowest BCUT2D eigenvalue weighted by molar-refractivity contribution is -0.131. The molecule has 0 aliphatic carbocycles. The van der Waals surface area contributed by atoms with E-state index in [0.717, 1.165) is 23.4 Å². The SMILES string of the molecule is COc1cccc(N(CC(=O)N2CCC[C@H](C)C2)S(C)(=O)=O)c1. The molecule has 1 atom stereocenters. The van der Waals surface area contributed by atoms with Gasteiger partial charge in [-0.2, -0.15) is 0 Å². The van der Waals surface area contributed by atoms with E-state index in [4.69, 9.17) is 4.74 Å². The lowest BCUT2D eigenvalue weighted by Gasteiger charge is -2.33. The van der Waals surface area contributed by atoms with Crippen LogP contribution in [0.5, 0.6) is 5.75 Å². The fraction of sp³-hybridized carbons (Fsp3) is 0.562. The van der Waals surface area contributed by atoms with Crippen LogP contribution in [0.2, 0.25) is 0 Å². The van der Waals surface area contributed by atoms with Crippen LogP contribution in [-0.2, 0) is 14.8 Å². The number of rotatable bonds is 5. The Morgan fingerprint density at radius 2 is 2.17 bits per heavy atom. The number of ether oxygens (including phenoxy) is 1. The number of hydrogen-bond donors (Lipinski definition) is 0. The van der Waals surface area contributed by atoms with E-state index >= 15 is 0 Å². The molecule has 1 fully saturated rings. The molecule has 0 aromatic heterocycles. The van der Waals surface area contributed by atoms with Crippen LogP contribution in [0.15, 0.2) is 24.3 Å². The molecular weight excluding hydrogens is 316 g/mol. The summed E-state index contributed by atoms with van der Waals surface area (Å²) in [6.07, 6.45) is 3.18. The molecule has 6 nitrogen and oxygen atoms in total. The fourth-order valence-electron chi connectivity index (χ4n) is 2.80. The molecule has 1 aromatic carbocycles. The lowest BCUT2D eigenvalue weighted by Crippen LogP contribution is -2.46. The second kappa shape index (κ2) is 7.21. The number of nitrogens with zero attached hydrogens (tertiary/aromatic N) is 2. The summed E-state index contributed by atoms with van der Waals surface area (Å²) in [6, 6.07) is 6.72. The van der Waals surface area contributed by atoms with Gasteiger partial charge in [-0.1, -0.05) is 13.0 Å². The first-order valence-corrected chi connectivity index (χ1v) is 9.55. The van der Waals surface area contributed by atoms with Crippen LogP contribution in [0.4, 0.5) is 5.69 Å². The van der Waals surface area contributed by atoms with Crippen LogP contribution in [-0.4, -0.2) is 52.2 Å². The van der Waals surface area contributed by atoms with Crippen LogP contribution >= 0.6 is 0 Å². The summed E-state index contributed by atoms with van der Waals surface area (Å²) >= 11 is 0. The molecule has 2 rings (SSSR count). The Morgan fingerprint density at radius 1 is 1.43 bits per heavy atom. The van der Waals surface area contributed by atoms with Gasteiger partial charge in [-0.05, 0) is 30.9 Å². The molecule has 1 saturated heterocycles. The molecule has 0 saturated carbocycles. The molecule has 0 N–H and O–H groups in total. The van der Waals surface area contributed by atoms with Crippen LogP contribution in [0.1, 0.15) is 19.8 Å². The molecule has 1 heterocycles. The molecule has 7 heteroatoms. The van der Waals surface area contributed by atoms with Gasteiger partial charge in [0.15, 0.2) is 0 Å². The molecule has 0 bridgehead atoms. The second-order valence-corrected chi connectivity index (χ2v) is 7.97. The number of carbonyl (C=O) groups is 1. The largest absolute Gasteiger partial charge is 0.497 e. The quantitative estimate of drug-likeness (QED) is 0.818. The monoisotopic (exact) mass is 340 g/mol. The van der Waals surface area contributed by atoms with Crippen molar-refractivity contribution in [3.8, 4) is 5.75 Å². The fourth-order valence-corrected chi connectivity index (χ4v) is 3.65. The van der Waals surface area contributed by atoms with Gasteiger partial charge in [-0.15, -0.1) is 0 Å². The normalized spacial score (nSPS) is 18.6. The molecule has 0 radical (unpaired) electrons. The van der Waals surface area contributed by atoms with Gasteiger partial charge in [0.05, 0.1) is 19.1 Å². The molecule has 1 aliphatic heterocycles. The van der Waals surface area contributed by atoms with Crippen molar-refractivity contribution in [2.75, 3.05) is 37.3 Å². The van der Waals surface area contributed by atoms with E-state index in [1.807, 2.05) is 0 Å². The predicted octanol–water partition coefficient (Wildman–Crippen LogP) is 1.72. The minimum Gasteiger partial charge on any atom is -0.497 e. The predicted molar refractivity (Wildman–Crippen MR) is 90.2 cm³/mol. The zero-order valence-corrected chi connectivity index (χ0v) is 14.7. The summed E-state index contributed by atoms with van der Waals surface area (Å²) in [5.41, 5.74) is 0.435. The zero-order chi connectivity index (χ0) is 17.0. The number of methoxy groups -OCH3 is 1. The highest BCUT2D eigenvalue weighted by molar-refractivity contribution is 7.92. The molecule has 0 spiro atoms. The molecule has 1 amide bonds. The Balaban J connectivity index is 2.21. The Bertz CT molecular complexity index is 660. The van der Waals surface area contributed by atoms with Crippen molar-refractivity contribution in [2.24, 2.45) is 5.92 Å². The van der Waals surface area contributed by atoms with E-state index < -0.39 is 10.0 Å². The highest BCUT2D eigenvalue weighted by atomic mass is 32.2. The number of hydrogen-bond acceptors (Lipinski definition) is 4. The number of piperidine rings is 1. The Hall–Kier alpha value is -1.76. The van der Waals surface area contributed by atoms with Crippen molar-refractivity contribution >= 4 is 21.6 Å². The summed E-state index contributed by atoms with van der Waals surface area (Å²) in [7, 11) is -2.04. The maximum atomic E-state index is 12.5. The average molecular weight is 340 g/mol. The smallest absolute Gasteiger partial charge is 0.243 e. The second-order valence-electron chi connectivity index (χ2n) is 6.06. The van der Waals surface area contributed by atoms with Gasteiger partial charge in [0, 0.05) is 19.2 Å². The summed E-state index contributed by atoms with van der Waals surface area (Å²) in [6.45, 7) is 3.31. The first-order valence-electron chi connectivity index (χ1n) is 7.71. The van der Waals surface area contributed by atoms with Gasteiger partial charge in [0.2, 0.25) is 15.9 Å². The molecule has 128 valence electrons. The molecule has 1 aliphatic rings. The maximum absolute atomic E-state index is 12.5. The van der Waals surface area contributed by atoms with E-state index in [-0.39, 0.29) is 12.5 Å². The van der Waals surface area contributed by atoms with Crippen molar-refractivity contribution < 1.29 is 17.9 Å². The third-order valence-electron chi connectivity index (χ3n) is 4.03. The van der Waals surface area contributed by atoms with E-state index in [0.29, 0.717) is 30.4 Å². The van der Waals surface area contributed by atoms with Gasteiger partial charge in [0.25, 0.3) is 0 Å². The third kappa shape index (κ3) is 4.60.